The maximum Gasteiger partial charge on any atom is 0.123 e. The third-order valence-electron chi connectivity index (χ3n) is 4.23. The molecule has 0 saturated heterocycles. The van der Waals surface area contributed by atoms with Crippen molar-refractivity contribution in [3.8, 4) is 5.75 Å². The molecular formula is C17H27NO. The summed E-state index contributed by atoms with van der Waals surface area (Å²) in [5.41, 5.74) is 2.64. The van der Waals surface area contributed by atoms with Crippen molar-refractivity contribution in [2.45, 2.75) is 46.1 Å². The highest BCUT2D eigenvalue weighted by molar-refractivity contribution is 5.39. The zero-order chi connectivity index (χ0) is 13.8. The van der Waals surface area contributed by atoms with Crippen molar-refractivity contribution in [1.82, 2.24) is 5.32 Å². The van der Waals surface area contributed by atoms with Crippen LogP contribution in [0.5, 0.6) is 5.75 Å². The van der Waals surface area contributed by atoms with E-state index in [0.717, 1.165) is 18.2 Å². The summed E-state index contributed by atoms with van der Waals surface area (Å²) in [5.74, 6) is 2.59. The summed E-state index contributed by atoms with van der Waals surface area (Å²) in [5, 5.41) is 3.73. The van der Waals surface area contributed by atoms with Crippen molar-refractivity contribution in [3.63, 3.8) is 0 Å². The number of ether oxygens (including phenoxy) is 1. The fourth-order valence-corrected chi connectivity index (χ4v) is 2.87. The number of methoxy groups -OCH3 is 1. The molecule has 2 heteroatoms. The zero-order valence-electron chi connectivity index (χ0n) is 12.7. The van der Waals surface area contributed by atoms with Crippen molar-refractivity contribution in [2.24, 2.45) is 11.8 Å². The van der Waals surface area contributed by atoms with Crippen LogP contribution in [0.25, 0.3) is 0 Å². The van der Waals surface area contributed by atoms with Crippen molar-refractivity contribution >= 4 is 0 Å². The Balaban J connectivity index is 2.27. The van der Waals surface area contributed by atoms with Crippen LogP contribution in [-0.4, -0.2) is 13.7 Å². The largest absolute Gasteiger partial charge is 0.496 e. The van der Waals surface area contributed by atoms with Gasteiger partial charge in [-0.15, -0.1) is 0 Å². The summed E-state index contributed by atoms with van der Waals surface area (Å²) in [7, 11) is 1.77. The highest BCUT2D eigenvalue weighted by Crippen LogP contribution is 2.44. The van der Waals surface area contributed by atoms with Crippen LogP contribution in [0.1, 0.15) is 50.3 Å². The normalized spacial score (nSPS) is 18.1. The average Bonchev–Trinajstić information content (AvgIpc) is 3.23. The molecular weight excluding hydrogens is 234 g/mol. The van der Waals surface area contributed by atoms with Crippen LogP contribution >= 0.6 is 0 Å². The van der Waals surface area contributed by atoms with Gasteiger partial charge in [0.05, 0.1) is 7.11 Å². The monoisotopic (exact) mass is 261 g/mol. The lowest BCUT2D eigenvalue weighted by Crippen LogP contribution is -2.29. The van der Waals surface area contributed by atoms with Crippen molar-refractivity contribution < 1.29 is 4.74 Å². The minimum Gasteiger partial charge on any atom is -0.496 e. The van der Waals surface area contributed by atoms with Gasteiger partial charge in [0.15, 0.2) is 0 Å². The highest BCUT2D eigenvalue weighted by atomic mass is 16.5. The number of hydrogen-bond donors (Lipinski definition) is 1. The molecule has 0 spiro atoms. The standard InChI is InChI=1S/C17H27NO/c1-5-10-18-17(13(3)14-7-8-14)15-11-12(2)6-9-16(15)19-4/h6,9,11,13-14,17-18H,5,7-8,10H2,1-4H3. The molecule has 2 unspecified atom stereocenters. The van der Waals surface area contributed by atoms with Crippen molar-refractivity contribution in [2.75, 3.05) is 13.7 Å². The van der Waals surface area contributed by atoms with E-state index in [1.165, 1.54) is 30.4 Å². The third kappa shape index (κ3) is 3.50. The predicted octanol–water partition coefficient (Wildman–Crippen LogP) is 4.09. The lowest BCUT2D eigenvalue weighted by Gasteiger charge is -2.27. The van der Waals surface area contributed by atoms with Crippen LogP contribution in [-0.2, 0) is 0 Å². The number of rotatable bonds is 7. The van der Waals surface area contributed by atoms with Crippen LogP contribution in [0.15, 0.2) is 18.2 Å². The minimum atomic E-state index is 0.419. The van der Waals surface area contributed by atoms with Crippen LogP contribution in [0.2, 0.25) is 0 Å². The molecule has 1 aliphatic rings. The van der Waals surface area contributed by atoms with Crippen molar-refractivity contribution in [3.05, 3.63) is 29.3 Å². The first kappa shape index (κ1) is 14.4. The molecule has 0 heterocycles. The molecule has 19 heavy (non-hydrogen) atoms. The van der Waals surface area contributed by atoms with E-state index in [1.807, 2.05) is 0 Å². The first-order chi connectivity index (χ1) is 9.17. The molecule has 2 nitrogen and oxygen atoms in total. The number of nitrogens with one attached hydrogen (secondary N) is 1. The minimum absolute atomic E-state index is 0.419. The molecule has 2 atom stereocenters. The first-order valence-electron chi connectivity index (χ1n) is 7.55. The molecule has 1 fully saturated rings. The second-order valence-electron chi connectivity index (χ2n) is 5.87. The van der Waals surface area contributed by atoms with Gasteiger partial charge in [0.1, 0.15) is 5.75 Å². The second-order valence-corrected chi connectivity index (χ2v) is 5.87. The molecule has 1 aromatic rings. The summed E-state index contributed by atoms with van der Waals surface area (Å²) >= 11 is 0. The zero-order valence-corrected chi connectivity index (χ0v) is 12.7. The van der Waals surface area contributed by atoms with Gasteiger partial charge in [-0.2, -0.15) is 0 Å². The maximum absolute atomic E-state index is 5.57. The predicted molar refractivity (Wildman–Crippen MR) is 80.7 cm³/mol. The van der Waals surface area contributed by atoms with E-state index in [2.05, 4.69) is 44.3 Å². The van der Waals surface area contributed by atoms with Gasteiger partial charge >= 0.3 is 0 Å². The van der Waals surface area contributed by atoms with Gasteiger partial charge < -0.3 is 10.1 Å². The van der Waals surface area contributed by atoms with Gasteiger partial charge in [0.25, 0.3) is 0 Å². The van der Waals surface area contributed by atoms with Gasteiger partial charge in [-0.25, -0.2) is 0 Å². The number of hydrogen-bond acceptors (Lipinski definition) is 2. The topological polar surface area (TPSA) is 21.3 Å². The molecule has 0 amide bonds. The Morgan fingerprint density at radius 2 is 2.11 bits per heavy atom. The molecule has 0 bridgehead atoms. The third-order valence-corrected chi connectivity index (χ3v) is 4.23. The van der Waals surface area contributed by atoms with E-state index in [0.29, 0.717) is 12.0 Å². The summed E-state index contributed by atoms with van der Waals surface area (Å²) in [4.78, 5) is 0. The molecule has 1 aromatic carbocycles. The van der Waals surface area contributed by atoms with Gasteiger partial charge in [0.2, 0.25) is 0 Å². The summed E-state index contributed by atoms with van der Waals surface area (Å²) in [6.45, 7) is 7.83. The molecule has 1 saturated carbocycles. The summed E-state index contributed by atoms with van der Waals surface area (Å²) in [6, 6.07) is 6.93. The van der Waals surface area contributed by atoms with Crippen LogP contribution in [0.3, 0.4) is 0 Å². The van der Waals surface area contributed by atoms with Crippen molar-refractivity contribution in [1.29, 1.82) is 0 Å². The van der Waals surface area contributed by atoms with E-state index in [9.17, 15) is 0 Å². The molecule has 106 valence electrons. The quantitative estimate of drug-likeness (QED) is 0.798. The molecule has 0 radical (unpaired) electrons. The fraction of sp³-hybridized carbons (Fsp3) is 0.647. The number of benzene rings is 1. The summed E-state index contributed by atoms with van der Waals surface area (Å²) < 4.78 is 5.57. The molecule has 1 N–H and O–H groups in total. The average molecular weight is 261 g/mol. The van der Waals surface area contributed by atoms with E-state index in [1.54, 1.807) is 7.11 Å². The Morgan fingerprint density at radius 1 is 1.37 bits per heavy atom. The number of aryl methyl sites for hydroxylation is 1. The molecule has 0 aliphatic heterocycles. The highest BCUT2D eigenvalue weighted by Gasteiger charge is 2.34. The van der Waals surface area contributed by atoms with Crippen LogP contribution < -0.4 is 10.1 Å². The Hall–Kier alpha value is -1.02. The molecule has 2 rings (SSSR count). The summed E-state index contributed by atoms with van der Waals surface area (Å²) in [6.07, 6.45) is 3.95. The van der Waals surface area contributed by atoms with Gasteiger partial charge in [-0.3, -0.25) is 0 Å². The van der Waals surface area contributed by atoms with E-state index in [4.69, 9.17) is 4.74 Å². The van der Waals surface area contributed by atoms with E-state index < -0.39 is 0 Å². The van der Waals surface area contributed by atoms with E-state index >= 15 is 0 Å². The Labute approximate surface area is 117 Å². The second kappa shape index (κ2) is 6.42. The Kier molecular flexibility index (Phi) is 4.87. The SMILES string of the molecule is CCCNC(c1cc(C)ccc1OC)C(C)C1CC1. The maximum atomic E-state index is 5.57. The van der Waals surface area contributed by atoms with Gasteiger partial charge in [-0.1, -0.05) is 31.5 Å². The molecule has 0 aromatic heterocycles. The lowest BCUT2D eigenvalue weighted by atomic mass is 9.89. The lowest BCUT2D eigenvalue weighted by molar-refractivity contribution is 0.332. The van der Waals surface area contributed by atoms with Crippen LogP contribution in [0.4, 0.5) is 0 Å². The van der Waals surface area contributed by atoms with E-state index in [-0.39, 0.29) is 0 Å². The van der Waals surface area contributed by atoms with Gasteiger partial charge in [-0.05, 0) is 50.6 Å². The molecule has 1 aliphatic carbocycles. The fourth-order valence-electron chi connectivity index (χ4n) is 2.87. The smallest absolute Gasteiger partial charge is 0.123 e. The Bertz CT molecular complexity index is 412. The first-order valence-corrected chi connectivity index (χ1v) is 7.55. The Morgan fingerprint density at radius 3 is 2.68 bits per heavy atom. The van der Waals surface area contributed by atoms with Gasteiger partial charge in [0, 0.05) is 11.6 Å². The van der Waals surface area contributed by atoms with Crippen LogP contribution in [0, 0.1) is 18.8 Å².